The molecule has 8 heteroatoms. The molecule has 3 aromatic rings. The number of nitrogens with zero attached hydrogens (tertiary/aromatic N) is 1. The van der Waals surface area contributed by atoms with Gasteiger partial charge in [0.1, 0.15) is 11.8 Å². The molecule has 0 aliphatic heterocycles. The van der Waals surface area contributed by atoms with Gasteiger partial charge in [-0.25, -0.2) is 9.37 Å². The fraction of sp³-hybridized carbons (Fsp3) is 0.267. The number of pyridine rings is 1. The van der Waals surface area contributed by atoms with E-state index in [2.05, 4.69) is 32.3 Å². The fourth-order valence-electron chi connectivity index (χ4n) is 2.20. The lowest BCUT2D eigenvalue weighted by atomic mass is 10.2. The highest BCUT2D eigenvalue weighted by Gasteiger charge is 2.17. The van der Waals surface area contributed by atoms with Gasteiger partial charge in [-0.15, -0.1) is 22.7 Å². The van der Waals surface area contributed by atoms with Gasteiger partial charge in [0.2, 0.25) is 0 Å². The Labute approximate surface area is 154 Å². The first-order valence-corrected chi connectivity index (χ1v) is 9.80. The average Bonchev–Trinajstić information content (AvgIpc) is 3.15. The second-order valence-electron chi connectivity index (χ2n) is 5.06. The van der Waals surface area contributed by atoms with Crippen LogP contribution in [0.4, 0.5) is 10.1 Å². The van der Waals surface area contributed by atoms with Crippen LogP contribution in [-0.4, -0.2) is 17.7 Å². The van der Waals surface area contributed by atoms with Crippen molar-refractivity contribution < 1.29 is 4.39 Å². The van der Waals surface area contributed by atoms with Crippen molar-refractivity contribution in [1.29, 1.82) is 0 Å². The Morgan fingerprint density at radius 2 is 2.30 bits per heavy atom. The van der Waals surface area contributed by atoms with Crippen molar-refractivity contribution in [2.75, 3.05) is 12.0 Å². The predicted octanol–water partition coefficient (Wildman–Crippen LogP) is 5.23. The van der Waals surface area contributed by atoms with Crippen LogP contribution >= 0.6 is 50.2 Å². The molecule has 0 aliphatic carbocycles. The van der Waals surface area contributed by atoms with E-state index in [4.69, 9.17) is 17.3 Å². The minimum absolute atomic E-state index is 0.422. The molecule has 0 amide bonds. The molecule has 3 aromatic heterocycles. The van der Waals surface area contributed by atoms with E-state index in [1.165, 1.54) is 4.88 Å². The van der Waals surface area contributed by atoms with E-state index in [0.717, 1.165) is 31.8 Å². The number of hydrogen-bond acceptors (Lipinski definition) is 5. The molecular weight excluding hydrogens is 421 g/mol. The third kappa shape index (κ3) is 3.85. The molecule has 0 saturated heterocycles. The molecule has 3 heterocycles. The maximum absolute atomic E-state index is 12.7. The van der Waals surface area contributed by atoms with Crippen molar-refractivity contribution in [3.63, 3.8) is 0 Å². The van der Waals surface area contributed by atoms with Gasteiger partial charge in [-0.1, -0.05) is 17.7 Å². The van der Waals surface area contributed by atoms with Crippen LogP contribution < -0.4 is 11.1 Å². The summed E-state index contributed by atoms with van der Waals surface area (Å²) in [6.45, 7) is 0.181. The van der Waals surface area contributed by atoms with Gasteiger partial charge in [0.15, 0.2) is 0 Å². The van der Waals surface area contributed by atoms with E-state index >= 15 is 0 Å². The molecule has 3 N–H and O–H groups in total. The minimum Gasteiger partial charge on any atom is -0.379 e. The number of anilines is 1. The number of nitrogens with one attached hydrogen (secondary N) is 1. The van der Waals surface area contributed by atoms with Gasteiger partial charge in [0.05, 0.1) is 20.4 Å². The first kappa shape index (κ1) is 17.1. The van der Waals surface area contributed by atoms with Crippen molar-refractivity contribution in [2.45, 2.75) is 19.0 Å². The fourth-order valence-corrected chi connectivity index (χ4v) is 5.08. The van der Waals surface area contributed by atoms with E-state index in [9.17, 15) is 4.39 Å². The predicted molar refractivity (Wildman–Crippen MR) is 102 cm³/mol. The largest absolute Gasteiger partial charge is 0.379 e. The molecule has 0 unspecified atom stereocenters. The van der Waals surface area contributed by atoms with Gasteiger partial charge in [-0.3, -0.25) is 0 Å². The van der Waals surface area contributed by atoms with E-state index in [-0.39, 0.29) is 0 Å². The van der Waals surface area contributed by atoms with Crippen LogP contribution in [0.1, 0.15) is 9.75 Å². The van der Waals surface area contributed by atoms with Gasteiger partial charge in [0, 0.05) is 34.8 Å². The molecule has 1 atom stereocenters. The van der Waals surface area contributed by atoms with Crippen molar-refractivity contribution in [3.05, 3.63) is 43.0 Å². The lowest BCUT2D eigenvalue weighted by Crippen LogP contribution is -2.24. The van der Waals surface area contributed by atoms with Crippen molar-refractivity contribution in [1.82, 2.24) is 4.98 Å². The summed E-state index contributed by atoms with van der Waals surface area (Å²) in [5, 5.41) is 5.88. The zero-order chi connectivity index (χ0) is 16.4. The number of halogens is 3. The monoisotopic (exact) mass is 433 g/mol. The highest BCUT2D eigenvalue weighted by atomic mass is 79.9. The van der Waals surface area contributed by atoms with Gasteiger partial charge >= 0.3 is 0 Å². The molecule has 0 spiro atoms. The number of nitrogens with two attached hydrogens (primary N) is 1. The summed E-state index contributed by atoms with van der Waals surface area (Å²) in [4.78, 5) is 6.61. The second-order valence-corrected chi connectivity index (χ2v) is 8.38. The Kier molecular flexibility index (Phi) is 5.53. The summed E-state index contributed by atoms with van der Waals surface area (Å²) >= 11 is 13.0. The summed E-state index contributed by atoms with van der Waals surface area (Å²) in [7, 11) is 0. The van der Waals surface area contributed by atoms with Crippen molar-refractivity contribution in [3.8, 4) is 0 Å². The number of alkyl halides is 1. The first-order chi connectivity index (χ1) is 11.1. The molecule has 0 aromatic carbocycles. The van der Waals surface area contributed by atoms with Gasteiger partial charge in [-0.2, -0.15) is 0 Å². The maximum Gasteiger partial charge on any atom is 0.131 e. The Morgan fingerprint density at radius 1 is 1.48 bits per heavy atom. The van der Waals surface area contributed by atoms with Crippen LogP contribution in [0, 0.1) is 0 Å². The zero-order valence-electron chi connectivity index (χ0n) is 12.0. The number of aromatic nitrogens is 1. The molecule has 23 heavy (non-hydrogen) atoms. The summed E-state index contributed by atoms with van der Waals surface area (Å²) in [5.41, 5.74) is 7.46. The Balaban J connectivity index is 1.95. The normalized spacial score (nSPS) is 12.7. The SMILES string of the molecule is N[C@@H](CF)Cc1sc2c(NCc3cccs3)cc(Cl)nc2c1Br. The number of hydrogen-bond donors (Lipinski definition) is 2. The molecule has 122 valence electrons. The number of rotatable bonds is 6. The van der Waals surface area contributed by atoms with E-state index in [0.29, 0.717) is 11.6 Å². The quantitative estimate of drug-likeness (QED) is 0.523. The van der Waals surface area contributed by atoms with Crippen LogP contribution in [0.15, 0.2) is 28.1 Å². The molecule has 0 aliphatic rings. The molecule has 0 saturated carbocycles. The van der Waals surface area contributed by atoms with Gasteiger partial charge in [-0.05, 0) is 27.4 Å². The zero-order valence-corrected chi connectivity index (χ0v) is 16.0. The number of fused-ring (bicyclic) bond motifs is 1. The summed E-state index contributed by atoms with van der Waals surface area (Å²) in [6.07, 6.45) is 0.472. The lowest BCUT2D eigenvalue weighted by Gasteiger charge is -2.06. The van der Waals surface area contributed by atoms with Crippen LogP contribution in [0.3, 0.4) is 0 Å². The summed E-state index contributed by atoms with van der Waals surface area (Å²) in [5.74, 6) is 0. The highest BCUT2D eigenvalue weighted by Crippen LogP contribution is 2.40. The molecule has 3 rings (SSSR count). The van der Waals surface area contributed by atoms with Crippen LogP contribution in [0.2, 0.25) is 5.15 Å². The minimum atomic E-state index is -0.543. The van der Waals surface area contributed by atoms with Crippen LogP contribution in [0.25, 0.3) is 10.2 Å². The standard InChI is InChI=1S/C15H14BrClFN3S2/c16-13-11(4-8(19)6-18)23-15-10(5-12(17)21-14(13)15)20-7-9-2-1-3-22-9/h1-3,5,8H,4,6-7,19H2,(H,20,21)/t8-/m1/s1. The van der Waals surface area contributed by atoms with Gasteiger partial charge in [0.25, 0.3) is 0 Å². The smallest absolute Gasteiger partial charge is 0.131 e. The Hall–Kier alpha value is -0.730. The molecule has 0 fully saturated rings. The second kappa shape index (κ2) is 7.44. The van der Waals surface area contributed by atoms with Crippen LogP contribution in [0.5, 0.6) is 0 Å². The first-order valence-electron chi connectivity index (χ1n) is 6.93. The average molecular weight is 435 g/mol. The third-order valence-corrected chi connectivity index (χ3v) is 6.72. The molecule has 3 nitrogen and oxygen atoms in total. The van der Waals surface area contributed by atoms with Crippen molar-refractivity contribution >= 4 is 66.1 Å². The topological polar surface area (TPSA) is 50.9 Å². The maximum atomic E-state index is 12.7. The lowest BCUT2D eigenvalue weighted by molar-refractivity contribution is 0.428. The Morgan fingerprint density at radius 3 is 3.00 bits per heavy atom. The van der Waals surface area contributed by atoms with Crippen LogP contribution in [-0.2, 0) is 13.0 Å². The van der Waals surface area contributed by atoms with Gasteiger partial charge < -0.3 is 11.1 Å². The van der Waals surface area contributed by atoms with E-state index in [1.807, 2.05) is 17.5 Å². The van der Waals surface area contributed by atoms with Crippen molar-refractivity contribution in [2.24, 2.45) is 5.73 Å². The highest BCUT2D eigenvalue weighted by molar-refractivity contribution is 9.10. The molecule has 0 bridgehead atoms. The summed E-state index contributed by atoms with van der Waals surface area (Å²) in [6, 6.07) is 5.42. The number of thiophene rings is 2. The van der Waals surface area contributed by atoms with E-state index in [1.54, 1.807) is 22.7 Å². The van der Waals surface area contributed by atoms with E-state index < -0.39 is 12.7 Å². The molecule has 0 radical (unpaired) electrons. The summed E-state index contributed by atoms with van der Waals surface area (Å²) < 4.78 is 14.5. The third-order valence-electron chi connectivity index (χ3n) is 3.30. The molecular formula is C15H14BrClFN3S2. The Bertz CT molecular complexity index is 807.